The highest BCUT2D eigenvalue weighted by molar-refractivity contribution is 6.22. The molecule has 1 heterocycles. The van der Waals surface area contributed by atoms with Gasteiger partial charge in [-0.2, -0.15) is 0 Å². The smallest absolute Gasteiger partial charge is 0.238 e. The second kappa shape index (κ2) is 4.19. The number of benzene rings is 1. The molecular formula is C19H17NO3. The maximum absolute atomic E-state index is 12.9. The number of nitrogens with zero attached hydrogens (tertiary/aromatic N) is 1. The largest absolute Gasteiger partial charge is 0.295 e. The Hall–Kier alpha value is -2.23. The molecule has 6 rings (SSSR count). The zero-order valence-electron chi connectivity index (χ0n) is 12.8. The van der Waals surface area contributed by atoms with Crippen LogP contribution in [0.25, 0.3) is 0 Å². The van der Waals surface area contributed by atoms with Crippen molar-refractivity contribution in [2.24, 2.45) is 35.5 Å². The lowest BCUT2D eigenvalue weighted by Gasteiger charge is -2.37. The number of ketones is 1. The summed E-state index contributed by atoms with van der Waals surface area (Å²) in [4.78, 5) is 38.6. The fraction of sp³-hybridized carbons (Fsp3) is 0.421. The fourth-order valence-corrected chi connectivity index (χ4v) is 5.06. The Morgan fingerprint density at radius 2 is 1.48 bits per heavy atom. The highest BCUT2D eigenvalue weighted by Gasteiger charge is 2.67. The van der Waals surface area contributed by atoms with Crippen LogP contribution in [0.5, 0.6) is 0 Å². The van der Waals surface area contributed by atoms with Gasteiger partial charge in [0.1, 0.15) is 0 Å². The van der Waals surface area contributed by atoms with Crippen LogP contribution < -0.4 is 4.90 Å². The first-order valence-electron chi connectivity index (χ1n) is 8.25. The summed E-state index contributed by atoms with van der Waals surface area (Å²) in [5.74, 6) is 1.24. The molecule has 0 spiro atoms. The number of rotatable bonds is 2. The minimum Gasteiger partial charge on any atom is -0.295 e. The van der Waals surface area contributed by atoms with Crippen LogP contribution in [0.4, 0.5) is 5.69 Å². The summed E-state index contributed by atoms with van der Waals surface area (Å²) < 4.78 is 0. The Labute approximate surface area is 134 Å². The maximum Gasteiger partial charge on any atom is 0.238 e. The first kappa shape index (κ1) is 13.2. The molecule has 5 aliphatic rings. The predicted molar refractivity (Wildman–Crippen MR) is 83.6 cm³/mol. The van der Waals surface area contributed by atoms with Crippen LogP contribution in [-0.2, 0) is 9.59 Å². The number of hydrogen-bond acceptors (Lipinski definition) is 3. The first-order chi connectivity index (χ1) is 11.1. The van der Waals surface area contributed by atoms with Crippen LogP contribution in [0.1, 0.15) is 23.7 Å². The van der Waals surface area contributed by atoms with E-state index in [1.54, 1.807) is 24.3 Å². The SMILES string of the molecule is CC(=O)c1ccc(N2C(=O)[C@@H]3[C@H]4C=C[C@@H]([C@@H]5C[C@H]45)[C@H]3C2=O)cc1. The van der Waals surface area contributed by atoms with Crippen molar-refractivity contribution in [3.05, 3.63) is 42.0 Å². The first-order valence-corrected chi connectivity index (χ1v) is 8.25. The van der Waals surface area contributed by atoms with Gasteiger partial charge in [-0.15, -0.1) is 0 Å². The summed E-state index contributed by atoms with van der Waals surface area (Å²) in [5.41, 5.74) is 1.18. The van der Waals surface area contributed by atoms with E-state index < -0.39 is 0 Å². The van der Waals surface area contributed by atoms with Crippen molar-refractivity contribution >= 4 is 23.3 Å². The van der Waals surface area contributed by atoms with E-state index >= 15 is 0 Å². The van der Waals surface area contributed by atoms with Gasteiger partial charge in [0.15, 0.2) is 5.78 Å². The lowest BCUT2D eigenvalue weighted by molar-refractivity contribution is -0.124. The van der Waals surface area contributed by atoms with Gasteiger partial charge in [0.2, 0.25) is 11.8 Å². The van der Waals surface area contributed by atoms with Gasteiger partial charge in [-0.1, -0.05) is 12.2 Å². The third-order valence-corrected chi connectivity index (χ3v) is 6.19. The average molecular weight is 307 g/mol. The van der Waals surface area contributed by atoms with Gasteiger partial charge < -0.3 is 0 Å². The molecule has 6 atom stereocenters. The zero-order valence-corrected chi connectivity index (χ0v) is 12.8. The van der Waals surface area contributed by atoms with E-state index in [9.17, 15) is 14.4 Å². The van der Waals surface area contributed by atoms with Crippen molar-refractivity contribution in [3.8, 4) is 0 Å². The molecular weight excluding hydrogens is 290 g/mol. The molecule has 4 aliphatic carbocycles. The highest BCUT2D eigenvalue weighted by Crippen LogP contribution is 2.65. The number of anilines is 1. The van der Waals surface area contributed by atoms with Crippen molar-refractivity contribution in [2.45, 2.75) is 13.3 Å². The molecule has 1 aliphatic heterocycles. The van der Waals surface area contributed by atoms with Crippen LogP contribution >= 0.6 is 0 Å². The minimum absolute atomic E-state index is 0.0216. The summed E-state index contributed by atoms with van der Waals surface area (Å²) in [7, 11) is 0. The van der Waals surface area contributed by atoms with Crippen molar-refractivity contribution < 1.29 is 14.4 Å². The quantitative estimate of drug-likeness (QED) is 0.479. The number of allylic oxidation sites excluding steroid dienone is 2. The van der Waals surface area contributed by atoms with E-state index in [-0.39, 0.29) is 41.3 Å². The van der Waals surface area contributed by atoms with Gasteiger partial charge in [0.25, 0.3) is 0 Å². The van der Waals surface area contributed by atoms with E-state index in [1.807, 2.05) is 0 Å². The van der Waals surface area contributed by atoms with Crippen LogP contribution in [-0.4, -0.2) is 17.6 Å². The zero-order chi connectivity index (χ0) is 15.9. The third-order valence-electron chi connectivity index (χ3n) is 6.19. The molecule has 4 heteroatoms. The molecule has 2 amide bonds. The second-order valence-corrected chi connectivity index (χ2v) is 7.27. The molecule has 0 N–H and O–H groups in total. The van der Waals surface area contributed by atoms with Gasteiger partial charge in [-0.3, -0.25) is 19.3 Å². The third kappa shape index (κ3) is 1.58. The molecule has 2 saturated carbocycles. The molecule has 0 unspecified atom stereocenters. The van der Waals surface area contributed by atoms with Crippen LogP contribution in [0, 0.1) is 35.5 Å². The van der Waals surface area contributed by atoms with Crippen LogP contribution in [0.2, 0.25) is 0 Å². The molecule has 1 aromatic rings. The average Bonchev–Trinajstić information content (AvgIpc) is 3.32. The van der Waals surface area contributed by atoms with Gasteiger partial charge in [0.05, 0.1) is 17.5 Å². The summed E-state index contributed by atoms with van der Waals surface area (Å²) >= 11 is 0. The predicted octanol–water partition coefficient (Wildman–Crippen LogP) is 2.45. The van der Waals surface area contributed by atoms with Gasteiger partial charge >= 0.3 is 0 Å². The summed E-state index contributed by atoms with van der Waals surface area (Å²) in [6.45, 7) is 1.51. The fourth-order valence-electron chi connectivity index (χ4n) is 5.06. The molecule has 0 radical (unpaired) electrons. The van der Waals surface area contributed by atoms with E-state index in [0.717, 1.165) is 0 Å². The molecule has 4 nitrogen and oxygen atoms in total. The number of amides is 2. The molecule has 1 aromatic carbocycles. The Balaban J connectivity index is 1.53. The lowest BCUT2D eigenvalue weighted by Crippen LogP contribution is -2.40. The Kier molecular flexibility index (Phi) is 2.41. The summed E-state index contributed by atoms with van der Waals surface area (Å²) in [5, 5.41) is 0. The summed E-state index contributed by atoms with van der Waals surface area (Å²) in [6, 6.07) is 6.79. The number of carbonyl (C=O) groups excluding carboxylic acids is 3. The number of imide groups is 1. The van der Waals surface area contributed by atoms with Gasteiger partial charge in [-0.25, -0.2) is 0 Å². The number of Topliss-reactive ketones (excluding diaryl/α,β-unsaturated/α-hetero) is 1. The van der Waals surface area contributed by atoms with E-state index in [4.69, 9.17) is 0 Å². The van der Waals surface area contributed by atoms with Crippen LogP contribution in [0.15, 0.2) is 36.4 Å². The molecule has 1 saturated heterocycles. The van der Waals surface area contributed by atoms with E-state index in [2.05, 4.69) is 12.2 Å². The maximum atomic E-state index is 12.9. The minimum atomic E-state index is -0.172. The van der Waals surface area contributed by atoms with Crippen molar-refractivity contribution in [1.29, 1.82) is 0 Å². The normalized spacial score (nSPS) is 39.4. The van der Waals surface area contributed by atoms with Crippen molar-refractivity contribution in [1.82, 2.24) is 0 Å². The highest BCUT2D eigenvalue weighted by atomic mass is 16.2. The standard InChI is InChI=1S/C19H17NO3/c1-9(21)10-2-4-11(5-3-10)20-18(22)16-12-6-7-13(15-8-14(12)15)17(16)19(20)23/h2-7,12-17H,8H2,1H3/t12-,13-,14-,15+,16+,17+/m0/s1. The monoisotopic (exact) mass is 307 g/mol. The topological polar surface area (TPSA) is 54.5 Å². The van der Waals surface area contributed by atoms with Crippen molar-refractivity contribution in [3.63, 3.8) is 0 Å². The van der Waals surface area contributed by atoms with Gasteiger partial charge in [0, 0.05) is 5.56 Å². The lowest BCUT2D eigenvalue weighted by atomic mass is 9.63. The molecule has 3 fully saturated rings. The number of carbonyl (C=O) groups is 3. The van der Waals surface area contributed by atoms with Crippen LogP contribution in [0.3, 0.4) is 0 Å². The Morgan fingerprint density at radius 1 is 0.957 bits per heavy atom. The van der Waals surface area contributed by atoms with E-state index in [0.29, 0.717) is 23.1 Å². The molecule has 2 bridgehead atoms. The molecule has 116 valence electrons. The van der Waals surface area contributed by atoms with E-state index in [1.165, 1.54) is 18.2 Å². The second-order valence-electron chi connectivity index (χ2n) is 7.27. The Morgan fingerprint density at radius 3 is 1.96 bits per heavy atom. The summed E-state index contributed by atoms with van der Waals surface area (Å²) in [6.07, 6.45) is 5.52. The molecule has 23 heavy (non-hydrogen) atoms. The molecule has 0 aromatic heterocycles. The van der Waals surface area contributed by atoms with Crippen molar-refractivity contribution in [2.75, 3.05) is 4.90 Å². The Bertz CT molecular complexity index is 742. The number of hydrogen-bond donors (Lipinski definition) is 0. The van der Waals surface area contributed by atoms with Gasteiger partial charge in [-0.05, 0) is 61.3 Å².